The molecule has 0 saturated heterocycles. The lowest BCUT2D eigenvalue weighted by Gasteiger charge is -2.15. The number of unbranched alkanes of at least 4 members (excludes halogenated alkanes) is 1. The molecule has 0 spiro atoms. The maximum absolute atomic E-state index is 9.25. The van der Waals surface area contributed by atoms with Crippen LogP contribution >= 0.6 is 0 Å². The largest absolute Gasteiger partial charge is 0.395 e. The Labute approximate surface area is 105 Å². The smallest absolute Gasteiger partial charge is 0.0584 e. The van der Waals surface area contributed by atoms with Crippen molar-refractivity contribution in [3.8, 4) is 0 Å². The van der Waals surface area contributed by atoms with Crippen molar-refractivity contribution in [2.24, 2.45) is 0 Å². The zero-order chi connectivity index (χ0) is 12.5. The van der Waals surface area contributed by atoms with Crippen molar-refractivity contribution < 1.29 is 5.11 Å². The summed E-state index contributed by atoms with van der Waals surface area (Å²) >= 11 is 0. The molecule has 0 saturated carbocycles. The minimum atomic E-state index is 0.229. The molecule has 0 fully saturated rings. The van der Waals surface area contributed by atoms with Gasteiger partial charge >= 0.3 is 0 Å². The first kappa shape index (κ1) is 14.2. The molecule has 2 nitrogen and oxygen atoms in total. The fourth-order valence-electron chi connectivity index (χ4n) is 1.86. The number of benzene rings is 1. The lowest BCUT2D eigenvalue weighted by molar-refractivity contribution is 0.232. The van der Waals surface area contributed by atoms with Gasteiger partial charge in [0.15, 0.2) is 0 Å². The van der Waals surface area contributed by atoms with E-state index in [4.69, 9.17) is 0 Å². The third kappa shape index (κ3) is 5.33. The van der Waals surface area contributed by atoms with Crippen molar-refractivity contribution in [3.63, 3.8) is 0 Å². The summed E-state index contributed by atoms with van der Waals surface area (Å²) in [5.41, 5.74) is 2.66. The molecule has 2 N–H and O–H groups in total. The molecule has 1 atom stereocenters. The number of hydrogen-bond acceptors (Lipinski definition) is 2. The second kappa shape index (κ2) is 8.26. The Morgan fingerprint density at radius 3 is 2.29 bits per heavy atom. The van der Waals surface area contributed by atoms with Crippen LogP contribution in [0.1, 0.15) is 44.2 Å². The summed E-state index contributed by atoms with van der Waals surface area (Å²) < 4.78 is 0. The van der Waals surface area contributed by atoms with Crippen LogP contribution in [0.5, 0.6) is 0 Å². The van der Waals surface area contributed by atoms with Gasteiger partial charge in [0.25, 0.3) is 0 Å². The molecule has 0 unspecified atom stereocenters. The Morgan fingerprint density at radius 1 is 1.12 bits per heavy atom. The van der Waals surface area contributed by atoms with Crippen molar-refractivity contribution in [1.82, 2.24) is 5.32 Å². The molecule has 0 radical (unpaired) electrons. The molecule has 0 bridgehead atoms. The molecule has 0 aromatic heterocycles. The van der Waals surface area contributed by atoms with E-state index in [1.54, 1.807) is 0 Å². The zero-order valence-electron chi connectivity index (χ0n) is 11.1. The number of nitrogens with one attached hydrogen (secondary N) is 1. The molecule has 0 amide bonds. The summed E-state index contributed by atoms with van der Waals surface area (Å²) in [7, 11) is 0. The summed E-state index contributed by atoms with van der Waals surface area (Å²) in [6.45, 7) is 5.42. The topological polar surface area (TPSA) is 32.3 Å². The van der Waals surface area contributed by atoms with Gasteiger partial charge in [-0.2, -0.15) is 0 Å². The zero-order valence-corrected chi connectivity index (χ0v) is 11.1. The highest BCUT2D eigenvalue weighted by atomic mass is 16.3. The monoisotopic (exact) mass is 235 g/mol. The second-order valence-electron chi connectivity index (χ2n) is 4.57. The number of hydrogen-bond donors (Lipinski definition) is 2. The predicted octanol–water partition coefficient (Wildman–Crippen LogP) is 2.89. The summed E-state index contributed by atoms with van der Waals surface area (Å²) in [6.07, 6.45) is 4.50. The first-order chi connectivity index (χ1) is 8.30. The van der Waals surface area contributed by atoms with E-state index in [1.807, 2.05) is 0 Å². The number of aliphatic hydroxyl groups is 1. The van der Waals surface area contributed by atoms with Crippen LogP contribution in [0.2, 0.25) is 0 Å². The average molecular weight is 235 g/mol. The molecule has 96 valence electrons. The molecule has 1 rings (SSSR count). The summed E-state index contributed by atoms with van der Waals surface area (Å²) in [4.78, 5) is 0. The molecular weight excluding hydrogens is 210 g/mol. The van der Waals surface area contributed by atoms with Crippen LogP contribution in [0.4, 0.5) is 0 Å². The van der Waals surface area contributed by atoms with Crippen LogP contribution in [0, 0.1) is 0 Å². The lowest BCUT2D eigenvalue weighted by Crippen LogP contribution is -2.31. The van der Waals surface area contributed by atoms with Gasteiger partial charge in [0.05, 0.1) is 6.61 Å². The highest BCUT2D eigenvalue weighted by Crippen LogP contribution is 2.06. The fourth-order valence-corrected chi connectivity index (χ4v) is 1.86. The van der Waals surface area contributed by atoms with Gasteiger partial charge in [-0.1, -0.05) is 51.0 Å². The van der Waals surface area contributed by atoms with Gasteiger partial charge in [0.2, 0.25) is 0 Å². The van der Waals surface area contributed by atoms with Crippen LogP contribution < -0.4 is 5.32 Å². The lowest BCUT2D eigenvalue weighted by atomic mass is 10.1. The first-order valence-electron chi connectivity index (χ1n) is 6.72. The normalized spacial score (nSPS) is 12.6. The van der Waals surface area contributed by atoms with Gasteiger partial charge in [0.1, 0.15) is 0 Å². The van der Waals surface area contributed by atoms with E-state index in [9.17, 15) is 5.11 Å². The summed E-state index contributed by atoms with van der Waals surface area (Å²) in [5, 5.41) is 12.7. The maximum Gasteiger partial charge on any atom is 0.0584 e. The highest BCUT2D eigenvalue weighted by Gasteiger charge is 2.05. The van der Waals surface area contributed by atoms with E-state index < -0.39 is 0 Å². The standard InChI is InChI=1S/C15H25NO/c1-3-5-6-15(12-17)16-11-14-9-7-13(4-2)8-10-14/h7-10,15-17H,3-6,11-12H2,1-2H3/t15-/m0/s1. The predicted molar refractivity (Wildman–Crippen MR) is 73.1 cm³/mol. The van der Waals surface area contributed by atoms with Gasteiger partial charge in [-0.3, -0.25) is 0 Å². The van der Waals surface area contributed by atoms with Crippen molar-refractivity contribution >= 4 is 0 Å². The van der Waals surface area contributed by atoms with Crippen molar-refractivity contribution in [2.45, 2.75) is 52.1 Å². The van der Waals surface area contributed by atoms with E-state index in [2.05, 4.69) is 43.4 Å². The number of aliphatic hydroxyl groups excluding tert-OH is 1. The summed E-state index contributed by atoms with van der Waals surface area (Å²) in [5.74, 6) is 0. The third-order valence-corrected chi connectivity index (χ3v) is 3.15. The van der Waals surface area contributed by atoms with Crippen LogP contribution in [-0.2, 0) is 13.0 Å². The first-order valence-corrected chi connectivity index (χ1v) is 6.72. The van der Waals surface area contributed by atoms with Crippen LogP contribution in [0.15, 0.2) is 24.3 Å². The Balaban J connectivity index is 2.36. The van der Waals surface area contributed by atoms with E-state index in [0.717, 1.165) is 19.4 Å². The van der Waals surface area contributed by atoms with Crippen molar-refractivity contribution in [2.75, 3.05) is 6.61 Å². The van der Waals surface area contributed by atoms with Crippen LogP contribution in [-0.4, -0.2) is 17.8 Å². The summed E-state index contributed by atoms with van der Waals surface area (Å²) in [6, 6.07) is 8.93. The Hall–Kier alpha value is -0.860. The van der Waals surface area contributed by atoms with E-state index in [0.29, 0.717) is 0 Å². The molecule has 0 aliphatic carbocycles. The van der Waals surface area contributed by atoms with Crippen molar-refractivity contribution in [1.29, 1.82) is 0 Å². The maximum atomic E-state index is 9.25. The molecular formula is C15H25NO. The Bertz CT molecular complexity index is 294. The van der Waals surface area contributed by atoms with E-state index in [1.165, 1.54) is 24.0 Å². The minimum absolute atomic E-state index is 0.229. The second-order valence-corrected chi connectivity index (χ2v) is 4.57. The third-order valence-electron chi connectivity index (χ3n) is 3.15. The Kier molecular flexibility index (Phi) is 6.90. The molecule has 17 heavy (non-hydrogen) atoms. The molecule has 2 heteroatoms. The van der Waals surface area contributed by atoms with E-state index >= 15 is 0 Å². The molecule has 0 heterocycles. The SMILES string of the molecule is CCCC[C@@H](CO)NCc1ccc(CC)cc1. The minimum Gasteiger partial charge on any atom is -0.395 e. The van der Waals surface area contributed by atoms with E-state index in [-0.39, 0.29) is 12.6 Å². The van der Waals surface area contributed by atoms with Crippen molar-refractivity contribution in [3.05, 3.63) is 35.4 Å². The fraction of sp³-hybridized carbons (Fsp3) is 0.600. The highest BCUT2D eigenvalue weighted by molar-refractivity contribution is 5.22. The molecule has 1 aromatic rings. The van der Waals surface area contributed by atoms with Gasteiger partial charge in [-0.25, -0.2) is 0 Å². The molecule has 0 aliphatic heterocycles. The Morgan fingerprint density at radius 2 is 1.76 bits per heavy atom. The molecule has 1 aromatic carbocycles. The quantitative estimate of drug-likeness (QED) is 0.726. The molecule has 0 aliphatic rings. The van der Waals surface area contributed by atoms with Crippen LogP contribution in [0.25, 0.3) is 0 Å². The van der Waals surface area contributed by atoms with Gasteiger partial charge in [-0.05, 0) is 24.0 Å². The number of aryl methyl sites for hydroxylation is 1. The van der Waals surface area contributed by atoms with Gasteiger partial charge in [0, 0.05) is 12.6 Å². The number of rotatable bonds is 8. The average Bonchev–Trinajstić information content (AvgIpc) is 2.39. The van der Waals surface area contributed by atoms with Crippen LogP contribution in [0.3, 0.4) is 0 Å². The van der Waals surface area contributed by atoms with Gasteiger partial charge < -0.3 is 10.4 Å². The van der Waals surface area contributed by atoms with Gasteiger partial charge in [-0.15, -0.1) is 0 Å².